The van der Waals surface area contributed by atoms with Crippen LogP contribution in [0.4, 0.5) is 0 Å². The van der Waals surface area contributed by atoms with Crippen LogP contribution >= 0.6 is 0 Å². The summed E-state index contributed by atoms with van der Waals surface area (Å²) in [7, 11) is 0. The number of rotatable bonds is 4. The molecule has 3 heteroatoms. The molecule has 0 spiro atoms. The number of carbonyl (C=O) groups is 1. The van der Waals surface area contributed by atoms with E-state index < -0.39 is 0 Å². The molecule has 3 atom stereocenters. The number of carbonyl (C=O) groups excluding carboxylic acids is 1. The second-order valence-electron chi connectivity index (χ2n) is 6.20. The van der Waals surface area contributed by atoms with Crippen LogP contribution in [0.1, 0.15) is 46.5 Å². The van der Waals surface area contributed by atoms with E-state index >= 15 is 0 Å². The Bertz CT molecular complexity index is 351. The van der Waals surface area contributed by atoms with Crippen LogP contribution < -0.4 is 5.32 Å². The van der Waals surface area contributed by atoms with Gasteiger partial charge in [-0.3, -0.25) is 4.79 Å². The highest BCUT2D eigenvalue weighted by Crippen LogP contribution is 2.29. The lowest BCUT2D eigenvalue weighted by Crippen LogP contribution is -2.39. The van der Waals surface area contributed by atoms with Gasteiger partial charge < -0.3 is 10.2 Å². The Labute approximate surface area is 117 Å². The maximum atomic E-state index is 11.7. The molecule has 19 heavy (non-hydrogen) atoms. The molecule has 108 valence electrons. The van der Waals surface area contributed by atoms with Crippen LogP contribution in [-0.2, 0) is 4.79 Å². The number of hydrogen-bond donors (Lipinski definition) is 1. The van der Waals surface area contributed by atoms with E-state index in [0.29, 0.717) is 24.3 Å². The molecular weight excluding hydrogens is 236 g/mol. The Morgan fingerprint density at radius 2 is 2.26 bits per heavy atom. The Balaban J connectivity index is 1.79. The summed E-state index contributed by atoms with van der Waals surface area (Å²) in [5, 5.41) is 3.69. The van der Waals surface area contributed by atoms with Gasteiger partial charge in [-0.25, -0.2) is 0 Å². The number of nitrogens with one attached hydrogen (secondary N) is 1. The van der Waals surface area contributed by atoms with Gasteiger partial charge in [0.25, 0.3) is 0 Å². The van der Waals surface area contributed by atoms with E-state index in [1.807, 2.05) is 11.8 Å². The highest BCUT2D eigenvalue weighted by Gasteiger charge is 2.27. The first kappa shape index (κ1) is 14.6. The minimum Gasteiger partial charge on any atom is -0.341 e. The van der Waals surface area contributed by atoms with E-state index in [-0.39, 0.29) is 0 Å². The molecule has 0 aromatic heterocycles. The summed E-state index contributed by atoms with van der Waals surface area (Å²) in [6, 6.07) is 0.498. The molecule has 0 radical (unpaired) electrons. The number of allylic oxidation sites excluding steroid dienone is 1. The molecule has 1 saturated heterocycles. The van der Waals surface area contributed by atoms with Gasteiger partial charge in [-0.1, -0.05) is 25.5 Å². The quantitative estimate of drug-likeness (QED) is 0.792. The predicted octanol–water partition coefficient (Wildman–Crippen LogP) is 2.58. The normalized spacial score (nSPS) is 31.4. The van der Waals surface area contributed by atoms with Gasteiger partial charge in [0.05, 0.1) is 0 Å². The van der Waals surface area contributed by atoms with Gasteiger partial charge in [-0.05, 0) is 38.0 Å². The number of nitrogens with zero attached hydrogens (tertiary/aromatic N) is 1. The molecule has 3 nitrogen and oxygen atoms in total. The zero-order chi connectivity index (χ0) is 13.8. The molecular formula is C16H28N2O. The van der Waals surface area contributed by atoms with Crippen molar-refractivity contribution in [3.8, 4) is 0 Å². The molecule has 2 aliphatic rings. The van der Waals surface area contributed by atoms with E-state index in [4.69, 9.17) is 0 Å². The zero-order valence-electron chi connectivity index (χ0n) is 12.6. The van der Waals surface area contributed by atoms with E-state index in [9.17, 15) is 4.79 Å². The van der Waals surface area contributed by atoms with Crippen molar-refractivity contribution in [1.82, 2.24) is 10.2 Å². The van der Waals surface area contributed by atoms with Crippen LogP contribution in [0, 0.1) is 11.8 Å². The fourth-order valence-electron chi connectivity index (χ4n) is 3.41. The SMILES string of the molecule is CCC(=O)N1CC[C@H](NC[C@H]2C(C)=CCC[C@@H]2C)C1. The number of amides is 1. The first-order chi connectivity index (χ1) is 9.11. The smallest absolute Gasteiger partial charge is 0.222 e. The first-order valence-electron chi connectivity index (χ1n) is 7.79. The molecule has 1 aliphatic heterocycles. The van der Waals surface area contributed by atoms with Crippen LogP contribution in [-0.4, -0.2) is 36.5 Å². The van der Waals surface area contributed by atoms with Crippen LogP contribution in [0.2, 0.25) is 0 Å². The average Bonchev–Trinajstić information content (AvgIpc) is 2.86. The van der Waals surface area contributed by atoms with Gasteiger partial charge in [0.15, 0.2) is 0 Å². The molecule has 0 aromatic carbocycles. The largest absolute Gasteiger partial charge is 0.341 e. The van der Waals surface area contributed by atoms with Crippen molar-refractivity contribution in [2.45, 2.75) is 52.5 Å². The lowest BCUT2D eigenvalue weighted by atomic mass is 9.80. The van der Waals surface area contributed by atoms with Crippen molar-refractivity contribution in [1.29, 1.82) is 0 Å². The van der Waals surface area contributed by atoms with Crippen LogP contribution in [0.25, 0.3) is 0 Å². The molecule has 1 fully saturated rings. The van der Waals surface area contributed by atoms with Crippen molar-refractivity contribution in [3.05, 3.63) is 11.6 Å². The van der Waals surface area contributed by atoms with E-state index in [1.165, 1.54) is 12.8 Å². The minimum atomic E-state index is 0.298. The van der Waals surface area contributed by atoms with E-state index in [2.05, 4.69) is 25.2 Å². The molecule has 1 N–H and O–H groups in total. The molecule has 0 bridgehead atoms. The fraction of sp³-hybridized carbons (Fsp3) is 0.812. The Morgan fingerprint density at radius 3 is 2.95 bits per heavy atom. The highest BCUT2D eigenvalue weighted by molar-refractivity contribution is 5.76. The predicted molar refractivity (Wildman–Crippen MR) is 78.9 cm³/mol. The molecule has 1 aliphatic carbocycles. The molecule has 0 unspecified atom stereocenters. The number of hydrogen-bond acceptors (Lipinski definition) is 2. The van der Waals surface area contributed by atoms with Crippen LogP contribution in [0.5, 0.6) is 0 Å². The summed E-state index contributed by atoms with van der Waals surface area (Å²) in [6.07, 6.45) is 6.69. The van der Waals surface area contributed by atoms with Gasteiger partial charge in [-0.2, -0.15) is 0 Å². The monoisotopic (exact) mass is 264 g/mol. The Kier molecular flexibility index (Phi) is 5.03. The summed E-state index contributed by atoms with van der Waals surface area (Å²) < 4.78 is 0. The van der Waals surface area contributed by atoms with Crippen molar-refractivity contribution in [3.63, 3.8) is 0 Å². The third-order valence-electron chi connectivity index (χ3n) is 4.83. The molecule has 2 rings (SSSR count). The minimum absolute atomic E-state index is 0.298. The van der Waals surface area contributed by atoms with Gasteiger partial charge in [0, 0.05) is 32.1 Å². The third-order valence-corrected chi connectivity index (χ3v) is 4.83. The summed E-state index contributed by atoms with van der Waals surface area (Å²) in [5.74, 6) is 1.77. The van der Waals surface area contributed by atoms with Crippen molar-refractivity contribution < 1.29 is 4.79 Å². The average molecular weight is 264 g/mol. The van der Waals surface area contributed by atoms with Gasteiger partial charge >= 0.3 is 0 Å². The maximum absolute atomic E-state index is 11.7. The maximum Gasteiger partial charge on any atom is 0.222 e. The van der Waals surface area contributed by atoms with Gasteiger partial charge in [-0.15, -0.1) is 0 Å². The van der Waals surface area contributed by atoms with Crippen molar-refractivity contribution in [2.24, 2.45) is 11.8 Å². The van der Waals surface area contributed by atoms with Gasteiger partial charge in [0.1, 0.15) is 0 Å². The topological polar surface area (TPSA) is 32.3 Å². The molecule has 0 aromatic rings. The van der Waals surface area contributed by atoms with E-state index in [0.717, 1.165) is 32.0 Å². The second kappa shape index (κ2) is 6.56. The summed E-state index contributed by atoms with van der Waals surface area (Å²) in [4.78, 5) is 13.7. The Hall–Kier alpha value is -0.830. The van der Waals surface area contributed by atoms with E-state index in [1.54, 1.807) is 5.57 Å². The third kappa shape index (κ3) is 3.59. The first-order valence-corrected chi connectivity index (χ1v) is 7.79. The van der Waals surface area contributed by atoms with Crippen LogP contribution in [0.3, 0.4) is 0 Å². The Morgan fingerprint density at radius 1 is 1.47 bits per heavy atom. The summed E-state index contributed by atoms with van der Waals surface area (Å²) >= 11 is 0. The standard InChI is InChI=1S/C16H28N2O/c1-4-16(19)18-9-8-14(11-18)17-10-15-12(2)6-5-7-13(15)3/h6,13-15,17H,4-5,7-11H2,1-3H3/t13-,14-,15-/m0/s1. The molecule has 0 saturated carbocycles. The zero-order valence-corrected chi connectivity index (χ0v) is 12.6. The number of likely N-dealkylation sites (tertiary alicyclic amines) is 1. The van der Waals surface area contributed by atoms with Gasteiger partial charge in [0.2, 0.25) is 5.91 Å². The lowest BCUT2D eigenvalue weighted by molar-refractivity contribution is -0.129. The van der Waals surface area contributed by atoms with Crippen molar-refractivity contribution in [2.75, 3.05) is 19.6 Å². The fourth-order valence-corrected chi connectivity index (χ4v) is 3.41. The highest BCUT2D eigenvalue weighted by atomic mass is 16.2. The second-order valence-corrected chi connectivity index (χ2v) is 6.20. The molecule has 1 heterocycles. The molecule has 1 amide bonds. The summed E-state index contributed by atoms with van der Waals surface area (Å²) in [5.41, 5.74) is 1.55. The van der Waals surface area contributed by atoms with Crippen LogP contribution in [0.15, 0.2) is 11.6 Å². The van der Waals surface area contributed by atoms with Crippen molar-refractivity contribution >= 4 is 5.91 Å². The summed E-state index contributed by atoms with van der Waals surface area (Å²) in [6.45, 7) is 9.48. The lowest BCUT2D eigenvalue weighted by Gasteiger charge is -2.30.